The highest BCUT2D eigenvalue weighted by Gasteiger charge is 2.41. The Morgan fingerprint density at radius 2 is 0.951 bits per heavy atom. The van der Waals surface area contributed by atoms with Gasteiger partial charge in [-0.3, -0.25) is 0 Å². The largest absolute Gasteiger partial charge is 0.433 e. The molecule has 2 aliphatic carbocycles. The Hall–Kier alpha value is -1.74. The third-order valence-corrected chi connectivity index (χ3v) is 8.91. The molecule has 2 aliphatic rings. The van der Waals surface area contributed by atoms with Crippen LogP contribution < -0.4 is 0 Å². The van der Waals surface area contributed by atoms with Crippen LogP contribution in [-0.4, -0.2) is 49.3 Å². The van der Waals surface area contributed by atoms with Crippen LogP contribution in [0.25, 0.3) is 0 Å². The molecule has 0 heterocycles. The molecule has 4 unspecified atom stereocenters. The second-order valence-electron chi connectivity index (χ2n) is 11.9. The summed E-state index contributed by atoms with van der Waals surface area (Å²) in [7, 11) is 0. The normalized spacial score (nSPS) is 26.3. The molecule has 4 atom stereocenters. The van der Waals surface area contributed by atoms with Gasteiger partial charge in [0.2, 0.25) is 12.6 Å². The van der Waals surface area contributed by atoms with Gasteiger partial charge in [0.1, 0.15) is 0 Å². The molecule has 0 amide bonds. The van der Waals surface area contributed by atoms with Crippen molar-refractivity contribution in [2.24, 2.45) is 17.3 Å². The van der Waals surface area contributed by atoms with Crippen LogP contribution in [0.15, 0.2) is 25.3 Å². The fraction of sp³-hybridized carbons (Fsp3) is 0.818. The number of esters is 2. The quantitative estimate of drug-likeness (QED) is 0.0930. The molecular formula is C33H56O8. The van der Waals surface area contributed by atoms with Crippen molar-refractivity contribution in [2.45, 2.75) is 156 Å². The molecule has 2 fully saturated rings. The third kappa shape index (κ3) is 11.5. The van der Waals surface area contributed by atoms with Gasteiger partial charge in [-0.2, -0.15) is 0 Å². The van der Waals surface area contributed by atoms with Crippen molar-refractivity contribution in [2.75, 3.05) is 0 Å². The molecule has 0 radical (unpaired) electrons. The van der Waals surface area contributed by atoms with Crippen molar-refractivity contribution in [3.05, 3.63) is 25.3 Å². The van der Waals surface area contributed by atoms with Gasteiger partial charge in [0.05, 0.1) is 12.2 Å². The van der Waals surface area contributed by atoms with Crippen molar-refractivity contribution in [1.29, 1.82) is 0 Å². The van der Waals surface area contributed by atoms with Crippen molar-refractivity contribution in [3.8, 4) is 0 Å². The summed E-state index contributed by atoms with van der Waals surface area (Å²) in [4.78, 5) is 23.2. The number of carbonyl (C=O) groups is 2. The van der Waals surface area contributed by atoms with Gasteiger partial charge in [-0.15, -0.1) is 0 Å². The minimum absolute atomic E-state index is 0.160. The van der Waals surface area contributed by atoms with E-state index in [-0.39, 0.29) is 30.2 Å². The predicted molar refractivity (Wildman–Crippen MR) is 159 cm³/mol. The summed E-state index contributed by atoms with van der Waals surface area (Å²) in [6, 6.07) is 0. The molecule has 2 saturated carbocycles. The van der Waals surface area contributed by atoms with Gasteiger partial charge in [-0.1, -0.05) is 54.7 Å². The van der Waals surface area contributed by atoms with Crippen molar-refractivity contribution < 1.29 is 38.0 Å². The third-order valence-electron chi connectivity index (χ3n) is 8.91. The SMILES string of the molecule is C=CC(=O)OC(CC)OC(CC)OC1CCC(C(C)(C)C2CCC(OC(CC)OC(CC)OC(=O)C=C)CC2)CC1. The molecule has 0 saturated heterocycles. The van der Waals surface area contributed by atoms with E-state index in [1.807, 2.05) is 27.7 Å². The highest BCUT2D eigenvalue weighted by molar-refractivity contribution is 5.81. The Kier molecular flexibility index (Phi) is 15.6. The van der Waals surface area contributed by atoms with Crippen molar-refractivity contribution in [3.63, 3.8) is 0 Å². The molecule has 0 aromatic carbocycles. The molecule has 0 aromatic heterocycles. The van der Waals surface area contributed by atoms with Crippen LogP contribution in [0.2, 0.25) is 0 Å². The molecule has 0 aromatic rings. The molecule has 236 valence electrons. The maximum Gasteiger partial charge on any atom is 0.332 e. The Bertz CT molecular complexity index is 731. The molecule has 0 N–H and O–H groups in total. The first-order valence-corrected chi connectivity index (χ1v) is 15.9. The Morgan fingerprint density at radius 3 is 1.22 bits per heavy atom. The average Bonchev–Trinajstić information content (AvgIpc) is 2.99. The van der Waals surface area contributed by atoms with Crippen molar-refractivity contribution >= 4 is 11.9 Å². The summed E-state index contributed by atoms with van der Waals surface area (Å²) in [6.45, 7) is 19.7. The van der Waals surface area contributed by atoms with E-state index >= 15 is 0 Å². The smallest absolute Gasteiger partial charge is 0.332 e. The molecule has 0 aliphatic heterocycles. The zero-order valence-electron chi connectivity index (χ0n) is 26.4. The number of carbonyl (C=O) groups excluding carboxylic acids is 2. The number of hydrogen-bond donors (Lipinski definition) is 0. The van der Waals surface area contributed by atoms with Gasteiger partial charge in [0.15, 0.2) is 12.6 Å². The molecule has 0 bridgehead atoms. The molecule has 0 spiro atoms. The number of rotatable bonds is 18. The highest BCUT2D eigenvalue weighted by Crippen LogP contribution is 2.49. The van der Waals surface area contributed by atoms with E-state index in [0.29, 0.717) is 37.5 Å². The maximum atomic E-state index is 11.6. The highest BCUT2D eigenvalue weighted by atomic mass is 16.8. The first-order valence-electron chi connectivity index (χ1n) is 15.9. The monoisotopic (exact) mass is 580 g/mol. The second kappa shape index (κ2) is 18.0. The summed E-state index contributed by atoms with van der Waals surface area (Å²) >= 11 is 0. The lowest BCUT2D eigenvalue weighted by molar-refractivity contribution is -0.256. The molecular weight excluding hydrogens is 524 g/mol. The van der Waals surface area contributed by atoms with Gasteiger partial charge in [-0.25, -0.2) is 9.59 Å². The number of ether oxygens (including phenoxy) is 6. The lowest BCUT2D eigenvalue weighted by atomic mass is 9.60. The predicted octanol–water partition coefficient (Wildman–Crippen LogP) is 7.60. The average molecular weight is 581 g/mol. The summed E-state index contributed by atoms with van der Waals surface area (Å²) in [5.74, 6) is 0.342. The zero-order valence-corrected chi connectivity index (χ0v) is 26.4. The first-order chi connectivity index (χ1) is 19.6. The fourth-order valence-corrected chi connectivity index (χ4v) is 6.21. The summed E-state index contributed by atoms with van der Waals surface area (Å²) in [5.41, 5.74) is 0.246. The van der Waals surface area contributed by atoms with Crippen LogP contribution >= 0.6 is 0 Å². The standard InChI is InChI=1S/C33H56O8/c1-9-27(34)38-31(13-5)40-29(11-3)36-25-19-15-23(16-20-25)33(7,8)24-17-21-26(22-18-24)37-30(12-4)41-32(14-6)39-28(35)10-2/h9-10,23-26,29-32H,1-2,11-22H2,3-8H3. The molecule has 8 nitrogen and oxygen atoms in total. The van der Waals surface area contributed by atoms with Gasteiger partial charge >= 0.3 is 11.9 Å². The molecule has 41 heavy (non-hydrogen) atoms. The lowest BCUT2D eigenvalue weighted by Gasteiger charge is -2.47. The minimum Gasteiger partial charge on any atom is -0.433 e. The molecule has 2 rings (SSSR count). The van der Waals surface area contributed by atoms with Crippen LogP contribution in [0.1, 0.15) is 119 Å². The van der Waals surface area contributed by atoms with E-state index in [2.05, 4.69) is 27.0 Å². The van der Waals surface area contributed by atoms with Crippen LogP contribution in [0.3, 0.4) is 0 Å². The van der Waals surface area contributed by atoms with Gasteiger partial charge < -0.3 is 28.4 Å². The van der Waals surface area contributed by atoms with Crippen LogP contribution in [-0.2, 0) is 38.0 Å². The van der Waals surface area contributed by atoms with E-state index in [4.69, 9.17) is 28.4 Å². The summed E-state index contributed by atoms with van der Waals surface area (Å²) in [5, 5.41) is 0. The van der Waals surface area contributed by atoms with Crippen LogP contribution in [0.5, 0.6) is 0 Å². The topological polar surface area (TPSA) is 89.5 Å². The van der Waals surface area contributed by atoms with E-state index in [0.717, 1.165) is 63.5 Å². The van der Waals surface area contributed by atoms with E-state index < -0.39 is 24.5 Å². The number of hydrogen-bond acceptors (Lipinski definition) is 8. The Labute approximate surface area is 248 Å². The van der Waals surface area contributed by atoms with Gasteiger partial charge in [0.25, 0.3) is 0 Å². The van der Waals surface area contributed by atoms with Gasteiger partial charge in [0, 0.05) is 25.0 Å². The zero-order chi connectivity index (χ0) is 30.4. The second-order valence-corrected chi connectivity index (χ2v) is 11.9. The van der Waals surface area contributed by atoms with Gasteiger partial charge in [-0.05, 0) is 81.5 Å². The summed E-state index contributed by atoms with van der Waals surface area (Å²) < 4.78 is 35.1. The van der Waals surface area contributed by atoms with E-state index in [1.54, 1.807) is 0 Å². The lowest BCUT2D eigenvalue weighted by Crippen LogP contribution is -2.40. The first kappa shape index (κ1) is 35.5. The van der Waals surface area contributed by atoms with Crippen LogP contribution in [0, 0.1) is 17.3 Å². The maximum absolute atomic E-state index is 11.6. The molecule has 8 heteroatoms. The Morgan fingerprint density at radius 1 is 0.634 bits per heavy atom. The summed E-state index contributed by atoms with van der Waals surface area (Å²) in [6.07, 6.45) is 11.7. The fourth-order valence-electron chi connectivity index (χ4n) is 6.21. The Balaban J connectivity index is 1.80. The van der Waals surface area contributed by atoms with Crippen molar-refractivity contribution in [1.82, 2.24) is 0 Å². The van der Waals surface area contributed by atoms with Crippen LogP contribution in [0.4, 0.5) is 0 Å². The van der Waals surface area contributed by atoms with E-state index in [9.17, 15) is 9.59 Å². The minimum atomic E-state index is -0.623. The van der Waals surface area contributed by atoms with E-state index in [1.165, 1.54) is 0 Å².